The van der Waals surface area contributed by atoms with Crippen LogP contribution in [-0.2, 0) is 0 Å². The fourth-order valence-corrected chi connectivity index (χ4v) is 0. The summed E-state index contributed by atoms with van der Waals surface area (Å²) in [5, 5.41) is 0. The summed E-state index contributed by atoms with van der Waals surface area (Å²) in [5.74, 6) is 0. The average Bonchev–Trinajstić information content (AvgIpc) is 1.41. The molecule has 0 aliphatic rings. The van der Waals surface area contributed by atoms with Gasteiger partial charge in [-0.2, -0.15) is 0 Å². The fourth-order valence-electron chi connectivity index (χ4n) is 0. The molecule has 0 saturated carbocycles. The van der Waals surface area contributed by atoms with E-state index in [0.717, 1.165) is 0 Å². The summed E-state index contributed by atoms with van der Waals surface area (Å²) in [7, 11) is 0.773. The predicted octanol–water partition coefficient (Wildman–Crippen LogP) is 1.58. The van der Waals surface area contributed by atoms with E-state index >= 15 is 0 Å². The summed E-state index contributed by atoms with van der Waals surface area (Å²) in [6.07, 6.45) is 0. The molecule has 0 aromatic rings. The van der Waals surface area contributed by atoms with Gasteiger partial charge in [0.15, 0.2) is 0 Å². The van der Waals surface area contributed by atoms with Gasteiger partial charge >= 0.3 is 63.8 Å². The molecule has 0 saturated heterocycles. The van der Waals surface area contributed by atoms with E-state index in [4.69, 9.17) is 0 Å². The molecular weight excluding hydrogens is 525 g/mol. The van der Waals surface area contributed by atoms with Crippen LogP contribution in [0.5, 0.6) is 0 Å². The van der Waals surface area contributed by atoms with Crippen LogP contribution < -0.4 is 5.73 Å². The zero-order valence-electron chi connectivity index (χ0n) is 3.29. The normalized spacial score (nSPS) is 7.00. The summed E-state index contributed by atoms with van der Waals surface area (Å²) in [4.78, 5) is 0. The number of rotatable bonds is 0. The summed E-state index contributed by atoms with van der Waals surface area (Å²) in [5.41, 5.74) is 4.50. The molecular formula is CH6I3NSn. The van der Waals surface area contributed by atoms with Crippen LogP contribution in [0.4, 0.5) is 0 Å². The van der Waals surface area contributed by atoms with E-state index < -0.39 is 7.86 Å². The molecule has 0 radical (unpaired) electrons. The van der Waals surface area contributed by atoms with Crippen molar-refractivity contribution in [3.8, 4) is 0 Å². The minimum atomic E-state index is -0.727. The van der Waals surface area contributed by atoms with Crippen LogP contribution in [0.15, 0.2) is 0 Å². The van der Waals surface area contributed by atoms with E-state index in [1.54, 1.807) is 0 Å². The van der Waals surface area contributed by atoms with E-state index in [1.807, 2.05) is 0 Å². The Balaban J connectivity index is 0. The molecule has 0 spiro atoms. The Labute approximate surface area is 74.5 Å². The Morgan fingerprint density at radius 1 is 1.17 bits per heavy atom. The van der Waals surface area contributed by atoms with Gasteiger partial charge in [-0.25, -0.2) is 0 Å². The van der Waals surface area contributed by atoms with Crippen LogP contribution in [0.2, 0.25) is 0 Å². The first kappa shape index (κ1) is 11.7. The molecule has 0 aliphatic heterocycles. The van der Waals surface area contributed by atoms with E-state index in [2.05, 4.69) is 61.6 Å². The molecule has 1 nitrogen and oxygen atoms in total. The van der Waals surface area contributed by atoms with Crippen molar-refractivity contribution in [2.45, 2.75) is 0 Å². The Kier molecular flexibility index (Phi) is 21.2. The van der Waals surface area contributed by atoms with Gasteiger partial charge in [-0.15, -0.1) is 0 Å². The molecule has 40 valence electrons. The van der Waals surface area contributed by atoms with Crippen LogP contribution in [-0.4, -0.2) is 14.9 Å². The Hall–Kier alpha value is 2.95. The molecule has 6 heavy (non-hydrogen) atoms. The maximum atomic E-state index is 4.50. The van der Waals surface area contributed by atoms with Crippen molar-refractivity contribution in [1.29, 1.82) is 0 Å². The first-order chi connectivity index (χ1) is 2.73. The van der Waals surface area contributed by atoms with Gasteiger partial charge in [0, 0.05) is 0 Å². The Morgan fingerprint density at radius 3 is 1.17 bits per heavy atom. The Morgan fingerprint density at radius 2 is 1.17 bits per heavy atom. The van der Waals surface area contributed by atoms with Gasteiger partial charge in [0.1, 0.15) is 0 Å². The molecule has 0 aliphatic carbocycles. The summed E-state index contributed by atoms with van der Waals surface area (Å²) in [6.45, 7) is 0. The van der Waals surface area contributed by atoms with Gasteiger partial charge < -0.3 is 5.73 Å². The van der Waals surface area contributed by atoms with Gasteiger partial charge in [-0.3, -0.25) is 0 Å². The van der Waals surface area contributed by atoms with E-state index in [9.17, 15) is 0 Å². The molecule has 5 heteroatoms. The molecule has 0 fully saturated rings. The van der Waals surface area contributed by atoms with Crippen molar-refractivity contribution >= 4 is 63.8 Å². The molecule has 0 bridgehead atoms. The van der Waals surface area contributed by atoms with Crippen molar-refractivity contribution in [2.24, 2.45) is 5.73 Å². The third-order valence-corrected chi connectivity index (χ3v) is 0. The molecule has 2 N–H and O–H groups in total. The minimum absolute atomic E-state index is 0.727. The third kappa shape index (κ3) is 28.3. The zero-order valence-corrected chi connectivity index (χ0v) is 13.1. The number of hydrogen-bond acceptors (Lipinski definition) is 1. The van der Waals surface area contributed by atoms with Crippen LogP contribution in [0.1, 0.15) is 0 Å². The monoisotopic (exact) mass is 533 g/mol. The van der Waals surface area contributed by atoms with E-state index in [-0.39, 0.29) is 0 Å². The molecule has 0 unspecified atom stereocenters. The first-order valence-corrected chi connectivity index (χ1v) is 30.0. The van der Waals surface area contributed by atoms with Gasteiger partial charge in [0.25, 0.3) is 0 Å². The second-order valence-electron chi connectivity index (χ2n) is 0.247. The molecule has 0 aromatic heterocycles. The maximum absolute atomic E-state index is 4.50. The topological polar surface area (TPSA) is 26.0 Å². The fraction of sp³-hybridized carbons (Fsp3) is 1.00. The van der Waals surface area contributed by atoms with Crippen molar-refractivity contribution < 1.29 is 0 Å². The molecule has 0 aromatic carbocycles. The van der Waals surface area contributed by atoms with Crippen LogP contribution in [0.25, 0.3) is 0 Å². The third-order valence-electron chi connectivity index (χ3n) is 0. The van der Waals surface area contributed by atoms with Crippen molar-refractivity contribution in [2.75, 3.05) is 7.05 Å². The molecule has 0 rings (SSSR count). The van der Waals surface area contributed by atoms with E-state index in [1.165, 1.54) is 7.05 Å². The van der Waals surface area contributed by atoms with Crippen molar-refractivity contribution in [1.82, 2.24) is 0 Å². The molecule has 0 atom stereocenters. The summed E-state index contributed by atoms with van der Waals surface area (Å²) >= 11 is 7.58. The quantitative estimate of drug-likeness (QED) is 0.373. The number of nitrogens with two attached hydrogens (primary N) is 1. The standard InChI is InChI=1S/CH5N.3HI.Sn.H/c1-2;;;;;/h2H2,1H3;3*1H;;/q;;;;+3;/p-3. The van der Waals surface area contributed by atoms with Crippen LogP contribution in [0, 0.1) is 0 Å². The predicted molar refractivity (Wildman–Crippen MR) is 59.3 cm³/mol. The SMILES string of the molecule is CN.[I][SnH]([I])[I]. The van der Waals surface area contributed by atoms with Gasteiger partial charge in [-0.05, 0) is 7.05 Å². The first-order valence-electron chi connectivity index (χ1n) is 1.23. The number of halogens is 3. The van der Waals surface area contributed by atoms with Crippen molar-refractivity contribution in [3.63, 3.8) is 0 Å². The average molecular weight is 531 g/mol. The molecule has 0 amide bonds. The number of hydrogen-bond donors (Lipinski definition) is 1. The second kappa shape index (κ2) is 10.8. The van der Waals surface area contributed by atoms with Gasteiger partial charge in [0.2, 0.25) is 0 Å². The second-order valence-corrected chi connectivity index (χ2v) is 74.7. The van der Waals surface area contributed by atoms with Crippen LogP contribution >= 0.6 is 55.9 Å². The summed E-state index contributed by atoms with van der Waals surface area (Å²) < 4.78 is 0. The zero-order chi connectivity index (χ0) is 5.58. The van der Waals surface area contributed by atoms with E-state index in [0.29, 0.717) is 0 Å². The van der Waals surface area contributed by atoms with Crippen LogP contribution in [0.3, 0.4) is 0 Å². The Bertz CT molecular complexity index is 15.5. The van der Waals surface area contributed by atoms with Gasteiger partial charge in [-0.1, -0.05) is 0 Å². The van der Waals surface area contributed by atoms with Crippen molar-refractivity contribution in [3.05, 3.63) is 0 Å². The van der Waals surface area contributed by atoms with Gasteiger partial charge in [0.05, 0.1) is 0 Å². The molecule has 0 heterocycles. The summed E-state index contributed by atoms with van der Waals surface area (Å²) in [6, 6.07) is 0.